The zero-order valence-corrected chi connectivity index (χ0v) is 11.5. The smallest absolute Gasteiger partial charge is 0.243 e. The highest BCUT2D eigenvalue weighted by atomic mass is 79.9. The van der Waals surface area contributed by atoms with Gasteiger partial charge >= 0.3 is 0 Å². The molecule has 8 heteroatoms. The maximum atomic E-state index is 11.8. The monoisotopic (exact) mass is 328 g/mol. The first kappa shape index (κ1) is 13.9. The Morgan fingerprint density at radius 2 is 2.31 bits per heavy atom. The molecule has 1 rings (SSSR count). The summed E-state index contributed by atoms with van der Waals surface area (Å²) in [5, 5.41) is 8.67. The zero-order chi connectivity index (χ0) is 12.3. The van der Waals surface area contributed by atoms with Gasteiger partial charge in [-0.15, -0.1) is 0 Å². The molecule has 2 N–H and O–H groups in total. The van der Waals surface area contributed by atoms with Gasteiger partial charge < -0.3 is 5.11 Å². The Hall–Kier alpha value is -0.210. The average Bonchev–Trinajstić information content (AvgIpc) is 2.20. The molecule has 0 radical (unpaired) electrons. The molecule has 1 atom stereocenters. The number of aromatic nitrogens is 1. The Morgan fingerprint density at radius 3 is 2.88 bits per heavy atom. The van der Waals surface area contributed by atoms with Gasteiger partial charge in [-0.3, -0.25) is 0 Å². The van der Waals surface area contributed by atoms with E-state index in [0.717, 1.165) is 0 Å². The number of aliphatic hydroxyl groups excluding tert-OH is 1. The Kier molecular flexibility index (Phi) is 4.69. The van der Waals surface area contributed by atoms with Crippen molar-refractivity contribution in [2.75, 3.05) is 6.61 Å². The number of hydrogen-bond acceptors (Lipinski definition) is 4. The lowest BCUT2D eigenvalue weighted by molar-refractivity contribution is 0.265. The van der Waals surface area contributed by atoms with Gasteiger partial charge in [-0.2, -0.15) is 0 Å². The summed E-state index contributed by atoms with van der Waals surface area (Å²) in [6.45, 7) is 1.25. The molecule has 0 aliphatic rings. The minimum atomic E-state index is -3.76. The fraction of sp³-hybridized carbons (Fsp3) is 0.375. The normalized spacial score (nSPS) is 13.8. The molecule has 0 amide bonds. The zero-order valence-electron chi connectivity index (χ0n) is 8.31. The average molecular weight is 330 g/mol. The summed E-state index contributed by atoms with van der Waals surface area (Å²) in [5.41, 5.74) is 0. The first-order chi connectivity index (χ1) is 7.36. The molecular formula is C8H10BrClN2O3S. The summed E-state index contributed by atoms with van der Waals surface area (Å²) >= 11 is 8.80. The number of rotatable bonds is 4. The largest absolute Gasteiger partial charge is 0.395 e. The predicted molar refractivity (Wildman–Crippen MR) is 63.8 cm³/mol. The molecule has 0 saturated carbocycles. The van der Waals surface area contributed by atoms with Crippen LogP contribution in [0.3, 0.4) is 0 Å². The van der Waals surface area contributed by atoms with E-state index in [9.17, 15) is 8.42 Å². The third kappa shape index (κ3) is 3.39. The van der Waals surface area contributed by atoms with Crippen LogP contribution in [0.15, 0.2) is 21.6 Å². The second-order valence-corrected chi connectivity index (χ2v) is 6.10. The van der Waals surface area contributed by atoms with E-state index in [4.69, 9.17) is 16.7 Å². The van der Waals surface area contributed by atoms with E-state index in [2.05, 4.69) is 25.6 Å². The molecule has 90 valence electrons. The van der Waals surface area contributed by atoms with Crippen molar-refractivity contribution >= 4 is 37.6 Å². The summed E-state index contributed by atoms with van der Waals surface area (Å²) < 4.78 is 26.4. The van der Waals surface area contributed by atoms with Gasteiger partial charge in [0.1, 0.15) is 10.0 Å². The quantitative estimate of drug-likeness (QED) is 0.812. The number of sulfonamides is 1. The van der Waals surface area contributed by atoms with Gasteiger partial charge in [0, 0.05) is 16.7 Å². The third-order valence-electron chi connectivity index (χ3n) is 1.69. The second-order valence-electron chi connectivity index (χ2n) is 3.15. The third-order valence-corrected chi connectivity index (χ3v) is 4.14. The first-order valence-corrected chi connectivity index (χ1v) is 6.96. The van der Waals surface area contributed by atoms with Crippen molar-refractivity contribution in [1.82, 2.24) is 9.71 Å². The number of aliphatic hydroxyl groups is 1. The van der Waals surface area contributed by atoms with Crippen LogP contribution in [0, 0.1) is 0 Å². The Balaban J connectivity index is 3.12. The minimum Gasteiger partial charge on any atom is -0.395 e. The van der Waals surface area contributed by atoms with Crippen molar-refractivity contribution in [3.8, 4) is 0 Å². The van der Waals surface area contributed by atoms with Crippen LogP contribution in [0.25, 0.3) is 0 Å². The fourth-order valence-corrected chi connectivity index (χ4v) is 3.14. The number of nitrogens with one attached hydrogen (secondary N) is 1. The van der Waals surface area contributed by atoms with Crippen LogP contribution in [0.1, 0.15) is 6.92 Å². The first-order valence-electron chi connectivity index (χ1n) is 4.31. The van der Waals surface area contributed by atoms with Gasteiger partial charge in [-0.05, 0) is 28.9 Å². The number of pyridine rings is 1. The molecule has 0 spiro atoms. The van der Waals surface area contributed by atoms with Crippen molar-refractivity contribution < 1.29 is 13.5 Å². The molecule has 0 fully saturated rings. The maximum Gasteiger partial charge on any atom is 0.243 e. The molecule has 0 saturated heterocycles. The van der Waals surface area contributed by atoms with Crippen molar-refractivity contribution in [1.29, 1.82) is 0 Å². The molecule has 5 nitrogen and oxygen atoms in total. The van der Waals surface area contributed by atoms with Crippen molar-refractivity contribution in [2.24, 2.45) is 0 Å². The van der Waals surface area contributed by atoms with Gasteiger partial charge in [0.2, 0.25) is 10.0 Å². The van der Waals surface area contributed by atoms with Crippen LogP contribution in [0.4, 0.5) is 0 Å². The molecule has 0 bridgehead atoms. The summed E-state index contributed by atoms with van der Waals surface area (Å²) in [5.74, 6) is 0. The van der Waals surface area contributed by atoms with Crippen LogP contribution < -0.4 is 4.72 Å². The molecular weight excluding hydrogens is 320 g/mol. The van der Waals surface area contributed by atoms with Crippen molar-refractivity contribution in [2.45, 2.75) is 17.9 Å². The van der Waals surface area contributed by atoms with Gasteiger partial charge in [-0.25, -0.2) is 18.1 Å². The standard InChI is InChI=1S/C8H10BrClN2O3S/c1-5(4-13)12-16(14,15)7-2-6(9)3-11-8(7)10/h2-3,5,12-13H,4H2,1H3. The van der Waals surface area contributed by atoms with Gasteiger partial charge in [0.15, 0.2) is 0 Å². The Bertz CT molecular complexity index is 480. The Morgan fingerprint density at radius 1 is 1.69 bits per heavy atom. The van der Waals surface area contributed by atoms with E-state index in [1.807, 2.05) is 0 Å². The SMILES string of the molecule is CC(CO)NS(=O)(=O)c1cc(Br)cnc1Cl. The lowest BCUT2D eigenvalue weighted by Crippen LogP contribution is -2.35. The molecule has 0 aliphatic heterocycles. The maximum absolute atomic E-state index is 11.8. The molecule has 0 aromatic carbocycles. The fourth-order valence-electron chi connectivity index (χ4n) is 0.958. The summed E-state index contributed by atoms with van der Waals surface area (Å²) in [6.07, 6.45) is 1.40. The highest BCUT2D eigenvalue weighted by Gasteiger charge is 2.21. The summed E-state index contributed by atoms with van der Waals surface area (Å²) in [4.78, 5) is 3.59. The Labute approximate surface area is 107 Å². The molecule has 1 unspecified atom stereocenters. The van der Waals surface area contributed by atoms with E-state index in [0.29, 0.717) is 4.47 Å². The summed E-state index contributed by atoms with van der Waals surface area (Å²) in [7, 11) is -3.76. The van der Waals surface area contributed by atoms with E-state index in [1.165, 1.54) is 19.2 Å². The predicted octanol–water partition coefficient (Wildman–Crippen LogP) is 1.16. The van der Waals surface area contributed by atoms with E-state index < -0.39 is 16.1 Å². The van der Waals surface area contributed by atoms with E-state index in [-0.39, 0.29) is 16.7 Å². The number of halogens is 2. The molecule has 16 heavy (non-hydrogen) atoms. The van der Waals surface area contributed by atoms with E-state index >= 15 is 0 Å². The molecule has 1 aromatic heterocycles. The molecule has 0 aliphatic carbocycles. The van der Waals surface area contributed by atoms with Gasteiger partial charge in [-0.1, -0.05) is 11.6 Å². The highest BCUT2D eigenvalue weighted by Crippen LogP contribution is 2.22. The highest BCUT2D eigenvalue weighted by molar-refractivity contribution is 9.10. The van der Waals surface area contributed by atoms with Gasteiger partial charge in [0.25, 0.3) is 0 Å². The van der Waals surface area contributed by atoms with Gasteiger partial charge in [0.05, 0.1) is 6.61 Å². The molecule has 1 aromatic rings. The lowest BCUT2D eigenvalue weighted by atomic mass is 10.4. The van der Waals surface area contributed by atoms with Crippen LogP contribution in [-0.2, 0) is 10.0 Å². The number of hydrogen-bond donors (Lipinski definition) is 2. The van der Waals surface area contributed by atoms with Crippen LogP contribution in [0.2, 0.25) is 5.15 Å². The van der Waals surface area contributed by atoms with Crippen LogP contribution >= 0.6 is 27.5 Å². The van der Waals surface area contributed by atoms with Crippen molar-refractivity contribution in [3.05, 3.63) is 21.9 Å². The van der Waals surface area contributed by atoms with E-state index in [1.54, 1.807) is 0 Å². The molecule has 1 heterocycles. The minimum absolute atomic E-state index is 0.110. The summed E-state index contributed by atoms with van der Waals surface area (Å²) in [6, 6.07) is 0.766. The topological polar surface area (TPSA) is 79.3 Å². The lowest BCUT2D eigenvalue weighted by Gasteiger charge is -2.12. The van der Waals surface area contributed by atoms with Crippen molar-refractivity contribution in [3.63, 3.8) is 0 Å². The second kappa shape index (κ2) is 5.42. The van der Waals surface area contributed by atoms with Crippen LogP contribution in [-0.4, -0.2) is 31.2 Å². The number of nitrogens with zero attached hydrogens (tertiary/aromatic N) is 1. The van der Waals surface area contributed by atoms with Crippen LogP contribution in [0.5, 0.6) is 0 Å².